The first-order valence-electron chi connectivity index (χ1n) is 7.91. The molecule has 2 aromatic carbocycles. The number of carbonyl (C=O) groups is 1. The van der Waals surface area contributed by atoms with Gasteiger partial charge in [-0.05, 0) is 48.6 Å². The van der Waals surface area contributed by atoms with Crippen LogP contribution in [0.5, 0.6) is 0 Å². The number of carbonyl (C=O) groups excluding carboxylic acids is 1. The predicted molar refractivity (Wildman–Crippen MR) is 91.7 cm³/mol. The summed E-state index contributed by atoms with van der Waals surface area (Å²) < 4.78 is 39.7. The number of rotatable bonds is 4. The Balaban J connectivity index is 1.72. The third kappa shape index (κ3) is 3.46. The lowest BCUT2D eigenvalue weighted by Gasteiger charge is -2.08. The van der Waals surface area contributed by atoms with Crippen LogP contribution in [0.15, 0.2) is 41.2 Å². The van der Waals surface area contributed by atoms with E-state index in [4.69, 9.17) is 0 Å². The van der Waals surface area contributed by atoms with Crippen molar-refractivity contribution in [2.45, 2.75) is 13.3 Å². The van der Waals surface area contributed by atoms with Crippen LogP contribution in [0.1, 0.15) is 21.5 Å². The first-order valence-corrected chi connectivity index (χ1v) is 7.91. The molecule has 0 fully saturated rings. The number of amides is 1. The number of fused-ring (bicyclic) bond motifs is 1. The molecule has 0 unspecified atom stereocenters. The van der Waals surface area contributed by atoms with Crippen molar-refractivity contribution in [3.8, 4) is 0 Å². The molecule has 0 saturated heterocycles. The fourth-order valence-corrected chi connectivity index (χ4v) is 2.65. The summed E-state index contributed by atoms with van der Waals surface area (Å²) >= 11 is 0. The monoisotopic (exact) mass is 360 g/mol. The molecule has 0 aliphatic heterocycles. The summed E-state index contributed by atoms with van der Waals surface area (Å²) in [6, 6.07) is 8.92. The van der Waals surface area contributed by atoms with Crippen molar-refractivity contribution in [1.29, 1.82) is 0 Å². The number of nitrogens with one attached hydrogen (secondary N) is 2. The molecular weight excluding hydrogens is 345 g/mol. The lowest BCUT2D eigenvalue weighted by molar-refractivity contribution is 0.0949. The van der Waals surface area contributed by atoms with E-state index in [0.717, 1.165) is 17.0 Å². The third-order valence-electron chi connectivity index (χ3n) is 4.04. The van der Waals surface area contributed by atoms with Crippen LogP contribution in [0.25, 0.3) is 10.9 Å². The van der Waals surface area contributed by atoms with Crippen LogP contribution in [0, 0.1) is 24.4 Å². The molecule has 3 rings (SSSR count). The van der Waals surface area contributed by atoms with E-state index in [1.807, 2.05) is 25.1 Å². The predicted octanol–water partition coefficient (Wildman–Crippen LogP) is 3.23. The first-order chi connectivity index (χ1) is 12.4. The number of hydrogen-bond donors (Lipinski definition) is 2. The average Bonchev–Trinajstić information content (AvgIpc) is 2.60. The van der Waals surface area contributed by atoms with Crippen molar-refractivity contribution >= 4 is 16.8 Å². The smallest absolute Gasteiger partial charge is 0.254 e. The van der Waals surface area contributed by atoms with Crippen molar-refractivity contribution in [2.24, 2.45) is 0 Å². The molecule has 1 heterocycles. The first kappa shape index (κ1) is 17.7. The number of benzene rings is 2. The zero-order valence-electron chi connectivity index (χ0n) is 13.8. The van der Waals surface area contributed by atoms with Gasteiger partial charge < -0.3 is 10.3 Å². The number of hydrogen-bond acceptors (Lipinski definition) is 2. The van der Waals surface area contributed by atoms with Crippen molar-refractivity contribution < 1.29 is 18.0 Å². The number of aromatic nitrogens is 1. The highest BCUT2D eigenvalue weighted by atomic mass is 19.2. The highest BCUT2D eigenvalue weighted by molar-refractivity contribution is 5.94. The summed E-state index contributed by atoms with van der Waals surface area (Å²) in [5, 5.41) is 3.25. The standard InChI is InChI=1S/C19H15F3N2O2/c1-10-2-3-11-9-12(18(25)24-15(11)8-10)6-7-23-19(26)13-4-5-14(20)17(22)16(13)21/h2-5,8-9H,6-7H2,1H3,(H,23,26)(H,24,25). The van der Waals surface area contributed by atoms with Gasteiger partial charge in [0.2, 0.25) is 0 Å². The average molecular weight is 360 g/mol. The van der Waals surface area contributed by atoms with Crippen molar-refractivity contribution in [3.63, 3.8) is 0 Å². The minimum atomic E-state index is -1.70. The zero-order valence-corrected chi connectivity index (χ0v) is 13.8. The minimum Gasteiger partial charge on any atom is -0.352 e. The normalized spacial score (nSPS) is 10.9. The molecule has 0 saturated carbocycles. The van der Waals surface area contributed by atoms with Gasteiger partial charge in [0.05, 0.1) is 5.56 Å². The number of aromatic amines is 1. The largest absolute Gasteiger partial charge is 0.352 e. The molecule has 134 valence electrons. The van der Waals surface area contributed by atoms with Gasteiger partial charge in [0.1, 0.15) is 0 Å². The molecular formula is C19H15F3N2O2. The van der Waals surface area contributed by atoms with Crippen molar-refractivity contribution in [2.75, 3.05) is 6.54 Å². The van der Waals surface area contributed by atoms with Gasteiger partial charge in [-0.2, -0.15) is 0 Å². The Hall–Kier alpha value is -3.09. The molecule has 0 radical (unpaired) electrons. The highest BCUT2D eigenvalue weighted by Gasteiger charge is 2.18. The highest BCUT2D eigenvalue weighted by Crippen LogP contribution is 2.15. The van der Waals surface area contributed by atoms with Gasteiger partial charge in [-0.15, -0.1) is 0 Å². The molecule has 26 heavy (non-hydrogen) atoms. The molecule has 4 nitrogen and oxygen atoms in total. The second kappa shape index (κ2) is 7.03. The molecule has 7 heteroatoms. The summed E-state index contributed by atoms with van der Waals surface area (Å²) in [6.45, 7) is 1.95. The van der Waals surface area contributed by atoms with E-state index >= 15 is 0 Å². The molecule has 0 spiro atoms. The maximum atomic E-state index is 13.6. The quantitative estimate of drug-likeness (QED) is 0.702. The van der Waals surface area contributed by atoms with Crippen molar-refractivity contribution in [3.05, 3.63) is 80.9 Å². The van der Waals surface area contributed by atoms with Crippen LogP contribution in [-0.4, -0.2) is 17.4 Å². The summed E-state index contributed by atoms with van der Waals surface area (Å²) in [6.07, 6.45) is 0.205. The van der Waals surface area contributed by atoms with E-state index in [2.05, 4.69) is 10.3 Å². The number of H-pyrrole nitrogens is 1. The van der Waals surface area contributed by atoms with Gasteiger partial charge in [0, 0.05) is 17.6 Å². The van der Waals surface area contributed by atoms with Gasteiger partial charge in [-0.3, -0.25) is 9.59 Å². The van der Waals surface area contributed by atoms with E-state index < -0.39 is 28.9 Å². The molecule has 1 aromatic heterocycles. The van der Waals surface area contributed by atoms with E-state index in [0.29, 0.717) is 17.1 Å². The summed E-state index contributed by atoms with van der Waals surface area (Å²) in [4.78, 5) is 26.8. The second-order valence-corrected chi connectivity index (χ2v) is 5.94. The molecule has 0 aliphatic carbocycles. The fraction of sp³-hybridized carbons (Fsp3) is 0.158. The van der Waals surface area contributed by atoms with Gasteiger partial charge in [-0.1, -0.05) is 12.1 Å². The number of pyridine rings is 1. The van der Waals surface area contributed by atoms with Crippen LogP contribution in [0.4, 0.5) is 13.2 Å². The molecule has 0 bridgehead atoms. The summed E-state index contributed by atoms with van der Waals surface area (Å²) in [5.41, 5.74) is 1.31. The van der Waals surface area contributed by atoms with Crippen molar-refractivity contribution in [1.82, 2.24) is 10.3 Å². The van der Waals surface area contributed by atoms with Crippen LogP contribution in [0.3, 0.4) is 0 Å². The Morgan fingerprint density at radius 3 is 2.62 bits per heavy atom. The minimum absolute atomic E-state index is 0.0394. The topological polar surface area (TPSA) is 62.0 Å². The van der Waals surface area contributed by atoms with E-state index in [1.54, 1.807) is 6.07 Å². The zero-order chi connectivity index (χ0) is 18.8. The molecule has 0 aliphatic rings. The Morgan fingerprint density at radius 2 is 1.85 bits per heavy atom. The van der Waals surface area contributed by atoms with Gasteiger partial charge >= 0.3 is 0 Å². The number of aryl methyl sites for hydroxylation is 1. The Kier molecular flexibility index (Phi) is 4.79. The third-order valence-corrected chi connectivity index (χ3v) is 4.04. The Morgan fingerprint density at radius 1 is 1.08 bits per heavy atom. The maximum absolute atomic E-state index is 13.6. The molecule has 1 amide bonds. The Labute approximate surface area is 146 Å². The molecule has 3 aromatic rings. The summed E-state index contributed by atoms with van der Waals surface area (Å²) in [7, 11) is 0. The Bertz CT molecular complexity index is 1060. The molecule has 0 atom stereocenters. The van der Waals surface area contributed by atoms with Gasteiger partial charge in [0.15, 0.2) is 17.5 Å². The van der Waals surface area contributed by atoms with E-state index in [9.17, 15) is 22.8 Å². The number of halogens is 3. The summed E-state index contributed by atoms with van der Waals surface area (Å²) in [5.74, 6) is -5.48. The van der Waals surface area contributed by atoms with Gasteiger partial charge in [0.25, 0.3) is 11.5 Å². The maximum Gasteiger partial charge on any atom is 0.254 e. The second-order valence-electron chi connectivity index (χ2n) is 5.94. The van der Waals surface area contributed by atoms with Crippen LogP contribution < -0.4 is 10.9 Å². The van der Waals surface area contributed by atoms with E-state index in [-0.39, 0.29) is 18.5 Å². The SMILES string of the molecule is Cc1ccc2cc(CCNC(=O)c3ccc(F)c(F)c3F)c(=O)[nH]c2c1. The fourth-order valence-electron chi connectivity index (χ4n) is 2.65. The van der Waals surface area contributed by atoms with Crippen LogP contribution in [0.2, 0.25) is 0 Å². The van der Waals surface area contributed by atoms with Gasteiger partial charge in [-0.25, -0.2) is 13.2 Å². The lowest BCUT2D eigenvalue weighted by Crippen LogP contribution is -2.28. The lowest BCUT2D eigenvalue weighted by atomic mass is 10.1. The van der Waals surface area contributed by atoms with Crippen LogP contribution >= 0.6 is 0 Å². The van der Waals surface area contributed by atoms with Crippen LogP contribution in [-0.2, 0) is 6.42 Å². The van der Waals surface area contributed by atoms with E-state index in [1.165, 1.54) is 0 Å². The molecule has 2 N–H and O–H groups in total.